The molecule has 2 amide bonds. The summed E-state index contributed by atoms with van der Waals surface area (Å²) in [4.78, 5) is 24.4. The van der Waals surface area contributed by atoms with Gasteiger partial charge in [-0.05, 0) is 25.7 Å². The van der Waals surface area contributed by atoms with Crippen molar-refractivity contribution in [3.63, 3.8) is 0 Å². The van der Waals surface area contributed by atoms with Crippen LogP contribution in [0, 0.1) is 0 Å². The van der Waals surface area contributed by atoms with E-state index >= 15 is 0 Å². The lowest BCUT2D eigenvalue weighted by Gasteiger charge is -2.42. The molecule has 0 aromatic heterocycles. The average Bonchev–Trinajstić information content (AvgIpc) is 2.25. The number of aliphatic carboxylic acids is 1. The second kappa shape index (κ2) is 6.58. The molecule has 1 rings (SSSR count). The molecule has 1 aliphatic carbocycles. The summed E-state index contributed by atoms with van der Waals surface area (Å²) < 4.78 is 0. The van der Waals surface area contributed by atoms with Crippen LogP contribution < -0.4 is 5.32 Å². The number of carboxylic acid groups (broad SMARTS) is 1. The Balaban J connectivity index is 2.57. The first-order valence-electron chi connectivity index (χ1n) is 6.43. The van der Waals surface area contributed by atoms with Crippen molar-refractivity contribution in [3.05, 3.63) is 0 Å². The Kier molecular flexibility index (Phi) is 5.40. The number of rotatable bonds is 7. The van der Waals surface area contributed by atoms with Gasteiger partial charge in [0.2, 0.25) is 0 Å². The van der Waals surface area contributed by atoms with Gasteiger partial charge in [-0.3, -0.25) is 4.79 Å². The molecule has 0 bridgehead atoms. The lowest BCUT2D eigenvalue weighted by molar-refractivity contribution is -0.139. The molecule has 0 unspecified atom stereocenters. The molecular weight excluding hydrogens is 236 g/mol. The summed E-state index contributed by atoms with van der Waals surface area (Å²) in [5, 5.41) is 20.6. The van der Waals surface area contributed by atoms with Gasteiger partial charge in [-0.1, -0.05) is 6.92 Å². The number of urea groups is 1. The molecule has 18 heavy (non-hydrogen) atoms. The third-order valence-electron chi connectivity index (χ3n) is 3.32. The highest BCUT2D eigenvalue weighted by Crippen LogP contribution is 2.35. The van der Waals surface area contributed by atoms with E-state index in [4.69, 9.17) is 10.2 Å². The lowest BCUT2D eigenvalue weighted by atomic mass is 9.74. The number of aliphatic hydroxyl groups excluding tert-OH is 1. The van der Waals surface area contributed by atoms with Crippen molar-refractivity contribution in [2.24, 2.45) is 0 Å². The van der Waals surface area contributed by atoms with Crippen molar-refractivity contribution in [3.8, 4) is 0 Å². The highest BCUT2D eigenvalue weighted by atomic mass is 16.4. The number of hydrogen-bond acceptors (Lipinski definition) is 3. The van der Waals surface area contributed by atoms with Crippen molar-refractivity contribution >= 4 is 12.0 Å². The van der Waals surface area contributed by atoms with Crippen molar-refractivity contribution < 1.29 is 19.8 Å². The van der Waals surface area contributed by atoms with Gasteiger partial charge in [0.1, 0.15) is 0 Å². The van der Waals surface area contributed by atoms with E-state index in [1.165, 1.54) is 4.90 Å². The fourth-order valence-corrected chi connectivity index (χ4v) is 2.25. The Labute approximate surface area is 107 Å². The summed E-state index contributed by atoms with van der Waals surface area (Å²) >= 11 is 0. The van der Waals surface area contributed by atoms with Gasteiger partial charge >= 0.3 is 12.0 Å². The third kappa shape index (κ3) is 3.87. The number of carboxylic acids is 1. The predicted molar refractivity (Wildman–Crippen MR) is 66.3 cm³/mol. The molecule has 0 radical (unpaired) electrons. The van der Waals surface area contributed by atoms with E-state index in [2.05, 4.69) is 5.32 Å². The van der Waals surface area contributed by atoms with Gasteiger partial charge in [-0.15, -0.1) is 0 Å². The van der Waals surface area contributed by atoms with Crippen LogP contribution in [0.15, 0.2) is 0 Å². The van der Waals surface area contributed by atoms with Crippen molar-refractivity contribution in [2.75, 3.05) is 19.7 Å². The van der Waals surface area contributed by atoms with E-state index in [0.717, 1.165) is 12.8 Å². The SMILES string of the molecule is CCCN(CCO)C(=O)NC1(CC(=O)O)CCC1. The smallest absolute Gasteiger partial charge is 0.317 e. The summed E-state index contributed by atoms with van der Waals surface area (Å²) in [6.45, 7) is 2.71. The first kappa shape index (κ1) is 14.8. The maximum Gasteiger partial charge on any atom is 0.317 e. The van der Waals surface area contributed by atoms with Gasteiger partial charge in [0.15, 0.2) is 0 Å². The largest absolute Gasteiger partial charge is 0.481 e. The van der Waals surface area contributed by atoms with E-state index in [0.29, 0.717) is 19.4 Å². The van der Waals surface area contributed by atoms with Crippen LogP contribution >= 0.6 is 0 Å². The van der Waals surface area contributed by atoms with Crippen LogP contribution in [-0.4, -0.2) is 52.3 Å². The molecule has 0 heterocycles. The van der Waals surface area contributed by atoms with Gasteiger partial charge in [0.05, 0.1) is 18.6 Å². The number of aliphatic hydroxyl groups is 1. The van der Waals surface area contributed by atoms with Crippen LogP contribution in [0.4, 0.5) is 4.79 Å². The third-order valence-corrected chi connectivity index (χ3v) is 3.32. The summed E-state index contributed by atoms with van der Waals surface area (Å²) in [5.41, 5.74) is -0.579. The summed E-state index contributed by atoms with van der Waals surface area (Å²) in [6.07, 6.45) is 3.15. The molecule has 1 saturated carbocycles. The highest BCUT2D eigenvalue weighted by Gasteiger charge is 2.41. The van der Waals surface area contributed by atoms with Crippen LogP contribution in [0.25, 0.3) is 0 Å². The Morgan fingerprint density at radius 3 is 2.39 bits per heavy atom. The number of hydrogen-bond donors (Lipinski definition) is 3. The zero-order valence-electron chi connectivity index (χ0n) is 10.8. The van der Waals surface area contributed by atoms with Crippen LogP contribution in [0.2, 0.25) is 0 Å². The van der Waals surface area contributed by atoms with Crippen LogP contribution in [0.5, 0.6) is 0 Å². The number of nitrogens with one attached hydrogen (secondary N) is 1. The van der Waals surface area contributed by atoms with E-state index in [1.807, 2.05) is 6.92 Å². The Hall–Kier alpha value is -1.30. The minimum Gasteiger partial charge on any atom is -0.481 e. The summed E-state index contributed by atoms with van der Waals surface area (Å²) in [7, 11) is 0. The molecular formula is C12H22N2O4. The molecule has 104 valence electrons. The minimum atomic E-state index is -0.890. The number of nitrogens with zero attached hydrogens (tertiary/aromatic N) is 1. The fraction of sp³-hybridized carbons (Fsp3) is 0.833. The molecule has 3 N–H and O–H groups in total. The fourth-order valence-electron chi connectivity index (χ4n) is 2.25. The Morgan fingerprint density at radius 1 is 1.33 bits per heavy atom. The van der Waals surface area contributed by atoms with Crippen molar-refractivity contribution in [1.29, 1.82) is 0 Å². The predicted octanol–water partition coefficient (Wildman–Crippen LogP) is 0.798. The molecule has 0 aromatic rings. The number of carbonyl (C=O) groups is 2. The van der Waals surface area contributed by atoms with E-state index in [-0.39, 0.29) is 25.6 Å². The van der Waals surface area contributed by atoms with Crippen molar-refractivity contribution in [2.45, 2.75) is 44.6 Å². The first-order chi connectivity index (χ1) is 8.53. The molecule has 0 saturated heterocycles. The first-order valence-corrected chi connectivity index (χ1v) is 6.43. The zero-order chi connectivity index (χ0) is 13.6. The second-order valence-corrected chi connectivity index (χ2v) is 4.85. The van der Waals surface area contributed by atoms with Crippen molar-refractivity contribution in [1.82, 2.24) is 10.2 Å². The summed E-state index contributed by atoms with van der Waals surface area (Å²) in [6, 6.07) is -0.271. The van der Waals surface area contributed by atoms with Gasteiger partial charge < -0.3 is 20.4 Å². The lowest BCUT2D eigenvalue weighted by Crippen LogP contribution is -2.58. The second-order valence-electron chi connectivity index (χ2n) is 4.85. The maximum atomic E-state index is 12.0. The van der Waals surface area contributed by atoms with Crippen LogP contribution in [0.1, 0.15) is 39.0 Å². The number of carbonyl (C=O) groups excluding carboxylic acids is 1. The molecule has 0 spiro atoms. The van der Waals surface area contributed by atoms with Gasteiger partial charge in [0.25, 0.3) is 0 Å². The zero-order valence-corrected chi connectivity index (χ0v) is 10.8. The molecule has 1 fully saturated rings. The van der Waals surface area contributed by atoms with Crippen LogP contribution in [-0.2, 0) is 4.79 Å². The van der Waals surface area contributed by atoms with E-state index < -0.39 is 11.5 Å². The van der Waals surface area contributed by atoms with Crippen LogP contribution in [0.3, 0.4) is 0 Å². The van der Waals surface area contributed by atoms with Gasteiger partial charge in [0, 0.05) is 13.1 Å². The van der Waals surface area contributed by atoms with E-state index in [1.54, 1.807) is 0 Å². The van der Waals surface area contributed by atoms with E-state index in [9.17, 15) is 9.59 Å². The Bertz CT molecular complexity index is 296. The average molecular weight is 258 g/mol. The Morgan fingerprint density at radius 2 is 2.00 bits per heavy atom. The summed E-state index contributed by atoms with van der Waals surface area (Å²) in [5.74, 6) is -0.890. The normalized spacial score (nSPS) is 16.8. The number of amides is 2. The highest BCUT2D eigenvalue weighted by molar-refractivity contribution is 5.77. The van der Waals surface area contributed by atoms with Gasteiger partial charge in [-0.25, -0.2) is 4.79 Å². The van der Waals surface area contributed by atoms with Gasteiger partial charge in [-0.2, -0.15) is 0 Å². The standard InChI is InChI=1S/C12H22N2O4/c1-2-6-14(7-8-15)11(18)13-12(4-3-5-12)9-10(16)17/h15H,2-9H2,1H3,(H,13,18)(H,16,17). The topological polar surface area (TPSA) is 89.9 Å². The molecule has 0 aromatic carbocycles. The quantitative estimate of drug-likeness (QED) is 0.630. The monoisotopic (exact) mass is 258 g/mol. The maximum absolute atomic E-state index is 12.0. The minimum absolute atomic E-state index is 0.0299. The molecule has 6 heteroatoms. The molecule has 1 aliphatic rings. The molecule has 6 nitrogen and oxygen atoms in total. The molecule has 0 atom stereocenters. The molecule has 0 aliphatic heterocycles.